The maximum atomic E-state index is 10.8. The third-order valence-corrected chi connectivity index (χ3v) is 2.53. The zero-order chi connectivity index (χ0) is 14.5. The third kappa shape index (κ3) is 4.00. The van der Waals surface area contributed by atoms with E-state index in [-0.39, 0.29) is 0 Å². The molecule has 0 aliphatic carbocycles. The van der Waals surface area contributed by atoms with Crippen LogP contribution in [-0.2, 0) is 10.1 Å². The summed E-state index contributed by atoms with van der Waals surface area (Å²) in [5.74, 6) is -2.99. The van der Waals surface area contributed by atoms with Gasteiger partial charge in [0.05, 0.1) is 16.0 Å². The number of aromatic carboxylic acids is 2. The number of benzene rings is 1. The highest BCUT2D eigenvalue weighted by Crippen LogP contribution is 2.15. The minimum Gasteiger partial charge on any atom is -0.478 e. The molecule has 0 unspecified atom stereocenters. The van der Waals surface area contributed by atoms with Crippen molar-refractivity contribution >= 4 is 22.1 Å². The average molecular weight is 274 g/mol. The predicted octanol–water partition coefficient (Wildman–Crippen LogP) is 1.13. The van der Waals surface area contributed by atoms with Crippen molar-refractivity contribution in [1.82, 2.24) is 0 Å². The van der Waals surface area contributed by atoms with E-state index in [2.05, 4.69) is 13.2 Å². The first kappa shape index (κ1) is 15.8. The smallest absolute Gasteiger partial charge is 0.335 e. The Morgan fingerprint density at radius 2 is 1.28 bits per heavy atom. The first-order valence-corrected chi connectivity index (χ1v) is 5.75. The lowest BCUT2D eigenvalue weighted by molar-refractivity contribution is 0.0696. The lowest BCUT2D eigenvalue weighted by Gasteiger charge is -2.02. The fraction of sp³-hybridized carbons (Fsp3) is 0. The molecular weight excluding hydrogens is 264 g/mol. The summed E-state index contributed by atoms with van der Waals surface area (Å²) in [4.78, 5) is 20.4. The van der Waals surface area contributed by atoms with E-state index in [4.69, 9.17) is 14.8 Å². The maximum Gasteiger partial charge on any atom is 0.335 e. The van der Waals surface area contributed by atoms with E-state index < -0.39 is 38.1 Å². The highest BCUT2D eigenvalue weighted by atomic mass is 32.2. The number of carboxylic acids is 2. The highest BCUT2D eigenvalue weighted by molar-refractivity contribution is 7.85. The molecule has 0 aromatic heterocycles. The first-order valence-electron chi connectivity index (χ1n) is 4.31. The zero-order valence-corrected chi connectivity index (χ0v) is 9.85. The summed E-state index contributed by atoms with van der Waals surface area (Å²) in [6.45, 7) is 6.00. The molecule has 0 radical (unpaired) electrons. The molecule has 1 rings (SSSR count). The van der Waals surface area contributed by atoms with Crippen LogP contribution in [0.4, 0.5) is 0 Å². The van der Waals surface area contributed by atoms with Gasteiger partial charge in [0.25, 0.3) is 10.1 Å². The molecule has 0 spiro atoms. The summed E-state index contributed by atoms with van der Waals surface area (Å²) in [5.41, 5.74) is -1.07. The largest absolute Gasteiger partial charge is 0.478 e. The van der Waals surface area contributed by atoms with E-state index in [1.807, 2.05) is 0 Å². The Bertz CT molecular complexity index is 542. The van der Waals surface area contributed by atoms with Crippen molar-refractivity contribution in [3.63, 3.8) is 0 Å². The molecule has 1 aromatic rings. The summed E-state index contributed by atoms with van der Waals surface area (Å²) in [7, 11) is -4.64. The van der Waals surface area contributed by atoms with E-state index in [1.165, 1.54) is 0 Å². The molecule has 0 bridgehead atoms. The predicted molar refractivity (Wildman–Crippen MR) is 61.4 cm³/mol. The van der Waals surface area contributed by atoms with Gasteiger partial charge in [0.2, 0.25) is 0 Å². The molecule has 98 valence electrons. The Morgan fingerprint density at radius 1 is 0.944 bits per heavy atom. The van der Waals surface area contributed by atoms with Gasteiger partial charge in [-0.2, -0.15) is 8.42 Å². The van der Waals surface area contributed by atoms with Gasteiger partial charge in [0.15, 0.2) is 0 Å². The highest BCUT2D eigenvalue weighted by Gasteiger charge is 2.17. The van der Waals surface area contributed by atoms with Crippen LogP contribution < -0.4 is 0 Å². The Kier molecular flexibility index (Phi) is 5.22. The van der Waals surface area contributed by atoms with Gasteiger partial charge in [0, 0.05) is 0 Å². The molecule has 8 heteroatoms. The van der Waals surface area contributed by atoms with Crippen molar-refractivity contribution in [3.8, 4) is 0 Å². The second kappa shape index (κ2) is 5.94. The molecular formula is C10H10O7S. The molecule has 0 fully saturated rings. The van der Waals surface area contributed by atoms with Gasteiger partial charge in [-0.15, -0.1) is 13.2 Å². The summed E-state index contributed by atoms with van der Waals surface area (Å²) < 4.78 is 30.2. The van der Waals surface area contributed by atoms with E-state index in [9.17, 15) is 18.0 Å². The van der Waals surface area contributed by atoms with Gasteiger partial charge in [-0.25, -0.2) is 9.59 Å². The van der Waals surface area contributed by atoms with Crippen LogP contribution in [0.25, 0.3) is 0 Å². The van der Waals surface area contributed by atoms with E-state index in [1.54, 1.807) is 0 Å². The normalized spacial score (nSPS) is 10.1. The van der Waals surface area contributed by atoms with Crippen molar-refractivity contribution in [2.75, 3.05) is 0 Å². The zero-order valence-electron chi connectivity index (χ0n) is 9.03. The standard InChI is InChI=1S/C8H6O7S.C2H4/c9-7(10)4-1-5(8(11)12)3-6(2-4)16(13,14)15;1-2/h1-3H,(H,9,10)(H,11,12)(H,13,14,15);1-2H2. The molecule has 3 N–H and O–H groups in total. The van der Waals surface area contributed by atoms with Gasteiger partial charge >= 0.3 is 11.9 Å². The van der Waals surface area contributed by atoms with Gasteiger partial charge in [-0.05, 0) is 18.2 Å². The summed E-state index contributed by atoms with van der Waals surface area (Å²) in [6.07, 6.45) is 0. The average Bonchev–Trinajstić information content (AvgIpc) is 2.29. The minimum atomic E-state index is -4.64. The maximum absolute atomic E-state index is 10.8. The summed E-state index contributed by atoms with van der Waals surface area (Å²) in [6, 6.07) is 2.13. The number of hydrogen-bond donors (Lipinski definition) is 3. The second-order valence-electron chi connectivity index (χ2n) is 2.83. The minimum absolute atomic E-state index is 0.535. The fourth-order valence-electron chi connectivity index (χ4n) is 0.995. The van der Waals surface area contributed by atoms with Crippen LogP contribution in [0, 0.1) is 0 Å². The summed E-state index contributed by atoms with van der Waals surface area (Å²) in [5, 5.41) is 17.2. The Hall–Kier alpha value is -2.19. The number of rotatable bonds is 3. The Labute approximate surface area is 103 Å². The molecule has 18 heavy (non-hydrogen) atoms. The number of hydrogen-bond acceptors (Lipinski definition) is 4. The van der Waals surface area contributed by atoms with Crippen molar-refractivity contribution < 1.29 is 32.8 Å². The molecule has 0 saturated heterocycles. The van der Waals surface area contributed by atoms with Gasteiger partial charge < -0.3 is 10.2 Å². The van der Waals surface area contributed by atoms with Crippen molar-refractivity contribution in [3.05, 3.63) is 42.5 Å². The topological polar surface area (TPSA) is 129 Å². The summed E-state index contributed by atoms with van der Waals surface area (Å²) >= 11 is 0. The van der Waals surface area contributed by atoms with Crippen LogP contribution in [0.2, 0.25) is 0 Å². The number of carbonyl (C=O) groups is 2. The van der Waals surface area contributed by atoms with Crippen LogP contribution in [0.1, 0.15) is 20.7 Å². The van der Waals surface area contributed by atoms with Crippen molar-refractivity contribution in [1.29, 1.82) is 0 Å². The monoisotopic (exact) mass is 274 g/mol. The van der Waals surface area contributed by atoms with Crippen molar-refractivity contribution in [2.24, 2.45) is 0 Å². The van der Waals surface area contributed by atoms with Crippen LogP contribution in [0.15, 0.2) is 36.3 Å². The Balaban J connectivity index is 0.00000137. The van der Waals surface area contributed by atoms with E-state index >= 15 is 0 Å². The number of carboxylic acid groups (broad SMARTS) is 2. The van der Waals surface area contributed by atoms with Crippen LogP contribution >= 0.6 is 0 Å². The van der Waals surface area contributed by atoms with Crippen LogP contribution in [0.3, 0.4) is 0 Å². The van der Waals surface area contributed by atoms with E-state index in [0.717, 1.165) is 6.07 Å². The molecule has 0 amide bonds. The lowest BCUT2D eigenvalue weighted by Crippen LogP contribution is -2.07. The molecule has 7 nitrogen and oxygen atoms in total. The SMILES string of the molecule is C=C.O=C(O)c1cc(C(=O)O)cc(S(=O)(=O)O)c1. The first-order chi connectivity index (χ1) is 8.21. The quantitative estimate of drug-likeness (QED) is 0.556. The molecule has 1 aromatic carbocycles. The van der Waals surface area contributed by atoms with Gasteiger partial charge in [0.1, 0.15) is 0 Å². The van der Waals surface area contributed by atoms with Crippen LogP contribution in [-0.4, -0.2) is 35.1 Å². The molecule has 0 heterocycles. The van der Waals surface area contributed by atoms with Gasteiger partial charge in [-0.3, -0.25) is 4.55 Å². The van der Waals surface area contributed by atoms with E-state index in [0.29, 0.717) is 12.1 Å². The third-order valence-electron chi connectivity index (χ3n) is 1.70. The van der Waals surface area contributed by atoms with Crippen molar-refractivity contribution in [2.45, 2.75) is 4.90 Å². The van der Waals surface area contributed by atoms with Crippen LogP contribution in [0.5, 0.6) is 0 Å². The molecule has 0 aliphatic heterocycles. The molecule has 0 saturated carbocycles. The Morgan fingerprint density at radius 3 is 1.50 bits per heavy atom. The lowest BCUT2D eigenvalue weighted by atomic mass is 10.1. The second-order valence-corrected chi connectivity index (χ2v) is 4.25. The van der Waals surface area contributed by atoms with Gasteiger partial charge in [-0.1, -0.05) is 0 Å². The molecule has 0 aliphatic rings. The molecule has 0 atom stereocenters. The fourth-order valence-corrected chi connectivity index (χ4v) is 1.55.